The molecule has 0 aliphatic rings. The average molecular weight is 433 g/mol. The Bertz CT molecular complexity index is 1110. The standard InChI is InChI=1S/C21H25ClN4O2S/c1-11(2)6-9-16-13(4)25-26(20(16)28)21-23-14(5)18(29-21)19(27)24-15-8-7-12(3)17(22)10-15/h7-8,10-11,25H,6,9H2,1-5H3,(H,24,27). The van der Waals surface area contributed by atoms with Crippen LogP contribution >= 0.6 is 22.9 Å². The van der Waals surface area contributed by atoms with Gasteiger partial charge in [-0.1, -0.05) is 42.9 Å². The molecule has 2 N–H and O–H groups in total. The highest BCUT2D eigenvalue weighted by Gasteiger charge is 2.20. The highest BCUT2D eigenvalue weighted by molar-refractivity contribution is 7.16. The van der Waals surface area contributed by atoms with Crippen molar-refractivity contribution in [2.24, 2.45) is 5.92 Å². The molecule has 2 heterocycles. The second-order valence-electron chi connectivity index (χ2n) is 7.62. The number of halogens is 1. The fourth-order valence-corrected chi connectivity index (χ4v) is 4.09. The van der Waals surface area contributed by atoms with E-state index in [9.17, 15) is 9.59 Å². The van der Waals surface area contributed by atoms with Crippen molar-refractivity contribution in [1.29, 1.82) is 0 Å². The number of nitrogens with zero attached hydrogens (tertiary/aromatic N) is 2. The maximum absolute atomic E-state index is 12.8. The van der Waals surface area contributed by atoms with Gasteiger partial charge in [0.25, 0.3) is 11.5 Å². The first kappa shape index (κ1) is 21.3. The van der Waals surface area contributed by atoms with Crippen molar-refractivity contribution in [2.45, 2.75) is 47.5 Å². The maximum Gasteiger partial charge on any atom is 0.276 e. The number of nitrogens with one attached hydrogen (secondary N) is 2. The van der Waals surface area contributed by atoms with Gasteiger partial charge in [-0.25, -0.2) is 4.98 Å². The van der Waals surface area contributed by atoms with Crippen molar-refractivity contribution in [3.05, 3.63) is 61.0 Å². The van der Waals surface area contributed by atoms with Gasteiger partial charge in [0.05, 0.1) is 5.69 Å². The number of H-pyrrole nitrogens is 1. The van der Waals surface area contributed by atoms with Gasteiger partial charge in [0.2, 0.25) is 5.13 Å². The largest absolute Gasteiger partial charge is 0.321 e. The van der Waals surface area contributed by atoms with E-state index >= 15 is 0 Å². The normalized spacial score (nSPS) is 11.3. The van der Waals surface area contributed by atoms with Gasteiger partial charge >= 0.3 is 0 Å². The summed E-state index contributed by atoms with van der Waals surface area (Å²) in [6, 6.07) is 5.37. The van der Waals surface area contributed by atoms with E-state index in [-0.39, 0.29) is 11.5 Å². The van der Waals surface area contributed by atoms with Gasteiger partial charge in [-0.3, -0.25) is 14.7 Å². The maximum atomic E-state index is 12.8. The lowest BCUT2D eigenvalue weighted by atomic mass is 10.0. The van der Waals surface area contributed by atoms with Gasteiger partial charge in [0.15, 0.2) is 0 Å². The fourth-order valence-electron chi connectivity index (χ4n) is 2.99. The van der Waals surface area contributed by atoms with Crippen LogP contribution in [-0.4, -0.2) is 20.7 Å². The van der Waals surface area contributed by atoms with Crippen molar-refractivity contribution in [1.82, 2.24) is 14.8 Å². The molecule has 0 spiro atoms. The van der Waals surface area contributed by atoms with Gasteiger partial charge in [-0.2, -0.15) is 4.68 Å². The second-order valence-corrected chi connectivity index (χ2v) is 9.00. The lowest BCUT2D eigenvalue weighted by Gasteiger charge is -2.05. The lowest BCUT2D eigenvalue weighted by molar-refractivity contribution is 0.103. The third-order valence-electron chi connectivity index (χ3n) is 4.78. The molecule has 29 heavy (non-hydrogen) atoms. The molecule has 3 rings (SSSR count). The first-order valence-corrected chi connectivity index (χ1v) is 10.7. The molecule has 6 nitrogen and oxygen atoms in total. The Hall–Kier alpha value is -2.38. The zero-order chi connectivity index (χ0) is 21.3. The van der Waals surface area contributed by atoms with Crippen LogP contribution in [0.2, 0.25) is 5.02 Å². The molecule has 0 saturated carbocycles. The van der Waals surface area contributed by atoms with E-state index in [0.29, 0.717) is 32.3 Å². The second kappa shape index (κ2) is 8.55. The monoisotopic (exact) mass is 432 g/mol. The first-order valence-electron chi connectivity index (χ1n) is 9.53. The number of carbonyl (C=O) groups is 1. The third kappa shape index (κ3) is 4.62. The van der Waals surface area contributed by atoms with E-state index in [2.05, 4.69) is 29.2 Å². The van der Waals surface area contributed by atoms with Crippen LogP contribution in [0.4, 0.5) is 5.69 Å². The van der Waals surface area contributed by atoms with Crippen molar-refractivity contribution < 1.29 is 4.79 Å². The summed E-state index contributed by atoms with van der Waals surface area (Å²) in [6.07, 6.45) is 1.66. The van der Waals surface area contributed by atoms with Crippen LogP contribution in [0.3, 0.4) is 0 Å². The van der Waals surface area contributed by atoms with Gasteiger partial charge in [-0.15, -0.1) is 0 Å². The molecule has 8 heteroatoms. The van der Waals surface area contributed by atoms with E-state index in [1.807, 2.05) is 19.9 Å². The molecular formula is C21H25ClN4O2S. The summed E-state index contributed by atoms with van der Waals surface area (Å²) >= 11 is 7.32. The molecule has 0 aliphatic carbocycles. The molecule has 154 valence electrons. The van der Waals surface area contributed by atoms with Crippen molar-refractivity contribution >= 4 is 34.5 Å². The van der Waals surface area contributed by atoms with Crippen molar-refractivity contribution in [2.75, 3.05) is 5.32 Å². The van der Waals surface area contributed by atoms with Gasteiger partial charge in [-0.05, 0) is 57.2 Å². The van der Waals surface area contributed by atoms with Gasteiger partial charge in [0, 0.05) is 22.0 Å². The van der Waals surface area contributed by atoms with Gasteiger partial charge in [0.1, 0.15) is 4.88 Å². The fraction of sp³-hybridized carbons (Fsp3) is 0.381. The predicted octanol–water partition coefficient (Wildman–Crippen LogP) is 5.04. The molecule has 1 amide bonds. The predicted molar refractivity (Wildman–Crippen MR) is 119 cm³/mol. The highest BCUT2D eigenvalue weighted by Crippen LogP contribution is 2.24. The minimum atomic E-state index is -0.275. The zero-order valence-corrected chi connectivity index (χ0v) is 18.8. The Balaban J connectivity index is 1.86. The number of anilines is 1. The van der Waals surface area contributed by atoms with E-state index in [1.54, 1.807) is 19.1 Å². The van der Waals surface area contributed by atoms with Crippen molar-refractivity contribution in [3.8, 4) is 5.13 Å². The van der Waals surface area contributed by atoms with Crippen LogP contribution in [0.15, 0.2) is 23.0 Å². The van der Waals surface area contributed by atoms with Crippen LogP contribution in [-0.2, 0) is 6.42 Å². The molecule has 0 bridgehead atoms. The number of benzene rings is 1. The van der Waals surface area contributed by atoms with E-state index in [1.165, 1.54) is 16.0 Å². The Morgan fingerprint density at radius 1 is 1.31 bits per heavy atom. The van der Waals surface area contributed by atoms with Crippen LogP contribution in [0.5, 0.6) is 0 Å². The summed E-state index contributed by atoms with van der Waals surface area (Å²) in [5.74, 6) is 0.243. The molecular weight excluding hydrogens is 408 g/mol. The summed E-state index contributed by atoms with van der Waals surface area (Å²) in [4.78, 5) is 30.5. The number of aromatic nitrogens is 3. The molecule has 0 aliphatic heterocycles. The number of amides is 1. The van der Waals surface area contributed by atoms with Crippen LogP contribution in [0.1, 0.15) is 52.5 Å². The van der Waals surface area contributed by atoms with E-state index in [0.717, 1.165) is 29.7 Å². The molecule has 3 aromatic rings. The zero-order valence-electron chi connectivity index (χ0n) is 17.2. The topological polar surface area (TPSA) is 79.8 Å². The lowest BCUT2D eigenvalue weighted by Crippen LogP contribution is -2.17. The molecule has 0 fully saturated rings. The van der Waals surface area contributed by atoms with Crippen molar-refractivity contribution in [3.63, 3.8) is 0 Å². The van der Waals surface area contributed by atoms with Crippen LogP contribution < -0.4 is 10.9 Å². The van der Waals surface area contributed by atoms with Gasteiger partial charge < -0.3 is 5.32 Å². The van der Waals surface area contributed by atoms with E-state index < -0.39 is 0 Å². The summed E-state index contributed by atoms with van der Waals surface area (Å²) in [6.45, 7) is 9.83. The molecule has 2 aromatic heterocycles. The summed E-state index contributed by atoms with van der Waals surface area (Å²) < 4.78 is 1.43. The highest BCUT2D eigenvalue weighted by atomic mass is 35.5. The molecule has 0 radical (unpaired) electrons. The number of aromatic amines is 1. The van der Waals surface area contributed by atoms with E-state index in [4.69, 9.17) is 11.6 Å². The minimum absolute atomic E-state index is 0.103. The smallest absolute Gasteiger partial charge is 0.276 e. The average Bonchev–Trinajstić information content (AvgIpc) is 3.16. The molecule has 0 atom stereocenters. The molecule has 0 unspecified atom stereocenters. The quantitative estimate of drug-likeness (QED) is 0.572. The Morgan fingerprint density at radius 3 is 2.69 bits per heavy atom. The number of hydrogen-bond acceptors (Lipinski definition) is 4. The third-order valence-corrected chi connectivity index (χ3v) is 6.33. The number of carbonyl (C=O) groups excluding carboxylic acids is 1. The Kier molecular flexibility index (Phi) is 6.29. The van der Waals surface area contributed by atoms with Crippen LogP contribution in [0, 0.1) is 26.7 Å². The number of hydrogen-bond donors (Lipinski definition) is 2. The number of aryl methyl sites for hydroxylation is 3. The Morgan fingerprint density at radius 2 is 2.03 bits per heavy atom. The number of rotatable bonds is 6. The number of thiazole rings is 1. The Labute approximate surface area is 178 Å². The van der Waals surface area contributed by atoms with Crippen LogP contribution in [0.25, 0.3) is 5.13 Å². The SMILES string of the molecule is Cc1ccc(NC(=O)c2sc(-n3[nH]c(C)c(CCC(C)C)c3=O)nc2C)cc1Cl. The molecule has 1 aromatic carbocycles. The first-order chi connectivity index (χ1) is 13.7. The summed E-state index contributed by atoms with van der Waals surface area (Å²) in [5.41, 5.74) is 3.63. The summed E-state index contributed by atoms with van der Waals surface area (Å²) in [5, 5.41) is 6.99. The minimum Gasteiger partial charge on any atom is -0.321 e. The molecule has 0 saturated heterocycles. The summed E-state index contributed by atoms with van der Waals surface area (Å²) in [7, 11) is 0.